The van der Waals surface area contributed by atoms with E-state index in [1.165, 1.54) is 6.20 Å². The fourth-order valence-electron chi connectivity index (χ4n) is 4.22. The van der Waals surface area contributed by atoms with Crippen molar-refractivity contribution in [2.75, 3.05) is 26.3 Å². The Morgan fingerprint density at radius 1 is 1.00 bits per heavy atom. The maximum atomic E-state index is 13.4. The number of sulfone groups is 1. The summed E-state index contributed by atoms with van der Waals surface area (Å²) in [4.78, 5) is 23.7. The second-order valence-electron chi connectivity index (χ2n) is 8.54. The van der Waals surface area contributed by atoms with Gasteiger partial charge >= 0.3 is 0 Å². The Balaban J connectivity index is 1.28. The lowest BCUT2D eigenvalue weighted by atomic mass is 10.0. The molecule has 5 rings (SSSR count). The van der Waals surface area contributed by atoms with Gasteiger partial charge in [-0.25, -0.2) is 18.4 Å². The lowest BCUT2D eigenvalue weighted by Gasteiger charge is -2.27. The molecule has 4 aromatic rings. The number of ketones is 1. The summed E-state index contributed by atoms with van der Waals surface area (Å²) in [7, 11) is -3.67. The smallest absolute Gasteiger partial charge is 0.233 e. The molecule has 2 aromatic heterocycles. The van der Waals surface area contributed by atoms with E-state index in [1.807, 2.05) is 12.1 Å². The van der Waals surface area contributed by atoms with E-state index >= 15 is 0 Å². The number of carbonyl (C=O) groups excluding carboxylic acids is 1. The van der Waals surface area contributed by atoms with Crippen molar-refractivity contribution in [3.63, 3.8) is 0 Å². The van der Waals surface area contributed by atoms with Gasteiger partial charge in [0.1, 0.15) is 0 Å². The second-order valence-corrected chi connectivity index (χ2v) is 10.5. The number of aryl methyl sites for hydroxylation is 1. The maximum absolute atomic E-state index is 13.4. The monoisotopic (exact) mass is 490 g/mol. The molecule has 0 atom stereocenters. The van der Waals surface area contributed by atoms with Crippen LogP contribution in [-0.2, 0) is 27.5 Å². The van der Waals surface area contributed by atoms with E-state index in [0.29, 0.717) is 48.8 Å². The molecular formula is C26H26N4O4S. The highest BCUT2D eigenvalue weighted by Crippen LogP contribution is 2.26. The van der Waals surface area contributed by atoms with Crippen molar-refractivity contribution >= 4 is 21.4 Å². The van der Waals surface area contributed by atoms with Crippen molar-refractivity contribution in [1.82, 2.24) is 19.3 Å². The highest BCUT2D eigenvalue weighted by molar-refractivity contribution is 7.91. The van der Waals surface area contributed by atoms with Crippen LogP contribution < -0.4 is 0 Å². The summed E-state index contributed by atoms with van der Waals surface area (Å²) in [6.45, 7) is 3.46. The number of carbonyl (C=O) groups is 1. The lowest BCUT2D eigenvalue weighted by Crippen LogP contribution is -2.36. The molecule has 0 amide bonds. The first kappa shape index (κ1) is 23.3. The average Bonchev–Trinajstić information content (AvgIpc) is 3.36. The van der Waals surface area contributed by atoms with Crippen LogP contribution in [-0.4, -0.2) is 59.8 Å². The molecule has 1 aliphatic rings. The molecule has 180 valence electrons. The molecule has 0 saturated carbocycles. The fraction of sp³-hybridized carbons (Fsp3) is 0.269. The van der Waals surface area contributed by atoms with E-state index in [9.17, 15) is 13.2 Å². The van der Waals surface area contributed by atoms with Gasteiger partial charge in [-0.3, -0.25) is 14.1 Å². The predicted molar refractivity (Wildman–Crippen MR) is 130 cm³/mol. The number of rotatable bonds is 8. The zero-order valence-corrected chi connectivity index (χ0v) is 20.0. The van der Waals surface area contributed by atoms with Crippen molar-refractivity contribution in [3.05, 3.63) is 90.0 Å². The van der Waals surface area contributed by atoms with E-state index in [4.69, 9.17) is 4.74 Å². The molecule has 1 aliphatic heterocycles. The summed E-state index contributed by atoms with van der Waals surface area (Å²) in [5.74, 6) is 0.520. The van der Waals surface area contributed by atoms with Gasteiger partial charge in [0.2, 0.25) is 15.6 Å². The molecule has 0 radical (unpaired) electrons. The number of aromatic nitrogens is 3. The molecule has 9 heteroatoms. The van der Waals surface area contributed by atoms with Gasteiger partial charge in [0.25, 0.3) is 0 Å². The third kappa shape index (κ3) is 5.17. The van der Waals surface area contributed by atoms with Gasteiger partial charge < -0.3 is 4.74 Å². The Morgan fingerprint density at radius 3 is 2.57 bits per heavy atom. The minimum Gasteiger partial charge on any atom is -0.379 e. The van der Waals surface area contributed by atoms with Crippen LogP contribution >= 0.6 is 0 Å². The summed E-state index contributed by atoms with van der Waals surface area (Å²) in [5.41, 5.74) is 2.20. The van der Waals surface area contributed by atoms with Gasteiger partial charge in [0.05, 0.1) is 28.6 Å². The Kier molecular flexibility index (Phi) is 6.72. The molecule has 1 fully saturated rings. The zero-order chi connectivity index (χ0) is 24.3. The number of morpholine rings is 1. The zero-order valence-electron chi connectivity index (χ0n) is 19.2. The third-order valence-corrected chi connectivity index (χ3v) is 8.07. The summed E-state index contributed by atoms with van der Waals surface area (Å²) in [5, 5.41) is 0. The van der Waals surface area contributed by atoms with Crippen molar-refractivity contribution in [2.45, 2.75) is 29.2 Å². The quantitative estimate of drug-likeness (QED) is 0.350. The van der Waals surface area contributed by atoms with Gasteiger partial charge in [-0.15, -0.1) is 0 Å². The number of nitrogens with zero attached hydrogens (tertiary/aromatic N) is 4. The molecule has 0 unspecified atom stereocenters. The van der Waals surface area contributed by atoms with Crippen LogP contribution in [0.4, 0.5) is 0 Å². The van der Waals surface area contributed by atoms with Crippen molar-refractivity contribution in [1.29, 1.82) is 0 Å². The second kappa shape index (κ2) is 10.1. The highest BCUT2D eigenvalue weighted by Gasteiger charge is 2.23. The van der Waals surface area contributed by atoms with E-state index in [-0.39, 0.29) is 10.7 Å². The van der Waals surface area contributed by atoms with Gasteiger partial charge in [0.15, 0.2) is 5.78 Å². The summed E-state index contributed by atoms with van der Waals surface area (Å²) in [6, 6.07) is 14.0. The Labute approximate surface area is 204 Å². The number of benzene rings is 2. The van der Waals surface area contributed by atoms with E-state index in [1.54, 1.807) is 59.4 Å². The highest BCUT2D eigenvalue weighted by atomic mass is 32.2. The third-order valence-electron chi connectivity index (χ3n) is 6.20. The molecule has 0 N–H and O–H groups in total. The summed E-state index contributed by atoms with van der Waals surface area (Å²) in [6.07, 6.45) is 7.45. The molecule has 35 heavy (non-hydrogen) atoms. The molecule has 1 saturated heterocycles. The molecule has 2 aromatic carbocycles. The number of fused-ring (bicyclic) bond motifs is 1. The standard InChI is InChI=1S/C26H26N4O4S/c31-24(22-17-28-26-27-11-12-30(26)19-22)10-7-20-5-8-23(9-6-20)35(32,33)25-4-2-1-3-21(25)18-29-13-15-34-16-14-29/h1-6,8-9,11-12,17,19H,7,10,13-16,18H2. The molecule has 3 heterocycles. The van der Waals surface area contributed by atoms with Crippen LogP contribution in [0.2, 0.25) is 0 Å². The van der Waals surface area contributed by atoms with Crippen LogP contribution in [0.15, 0.2) is 83.1 Å². The number of hydrogen-bond acceptors (Lipinski definition) is 7. The number of Topliss-reactive ketones (excluding diaryl/α,β-unsaturated/α-hetero) is 1. The number of hydrogen-bond donors (Lipinski definition) is 0. The Bertz CT molecular complexity index is 1440. The number of imidazole rings is 1. The van der Waals surface area contributed by atoms with Crippen molar-refractivity contribution in [2.24, 2.45) is 0 Å². The summed E-state index contributed by atoms with van der Waals surface area (Å²) >= 11 is 0. The first-order chi connectivity index (χ1) is 17.0. The summed E-state index contributed by atoms with van der Waals surface area (Å²) < 4.78 is 34.0. The van der Waals surface area contributed by atoms with Gasteiger partial charge in [-0.2, -0.15) is 0 Å². The van der Waals surface area contributed by atoms with Crippen LogP contribution in [0.25, 0.3) is 5.78 Å². The molecule has 0 spiro atoms. The topological polar surface area (TPSA) is 93.9 Å². The molecule has 8 nitrogen and oxygen atoms in total. The number of ether oxygens (including phenoxy) is 1. The fourth-order valence-corrected chi connectivity index (χ4v) is 5.71. The minimum atomic E-state index is -3.67. The van der Waals surface area contributed by atoms with E-state index in [2.05, 4.69) is 14.9 Å². The normalized spacial score (nSPS) is 14.9. The maximum Gasteiger partial charge on any atom is 0.233 e. The van der Waals surface area contributed by atoms with Gasteiger partial charge in [0, 0.05) is 50.8 Å². The first-order valence-corrected chi connectivity index (χ1v) is 13.0. The van der Waals surface area contributed by atoms with Crippen LogP contribution in [0, 0.1) is 0 Å². The van der Waals surface area contributed by atoms with Gasteiger partial charge in [-0.1, -0.05) is 30.3 Å². The SMILES string of the molecule is O=C(CCc1ccc(S(=O)(=O)c2ccccc2CN2CCOCC2)cc1)c1cnc2nccn2c1. The van der Waals surface area contributed by atoms with Crippen LogP contribution in [0.5, 0.6) is 0 Å². The van der Waals surface area contributed by atoms with Crippen molar-refractivity contribution in [3.8, 4) is 0 Å². The van der Waals surface area contributed by atoms with E-state index < -0.39 is 9.84 Å². The van der Waals surface area contributed by atoms with Gasteiger partial charge in [-0.05, 0) is 35.7 Å². The molecular weight excluding hydrogens is 464 g/mol. The van der Waals surface area contributed by atoms with Crippen LogP contribution in [0.3, 0.4) is 0 Å². The lowest BCUT2D eigenvalue weighted by molar-refractivity contribution is 0.0338. The predicted octanol–water partition coefficient (Wildman–Crippen LogP) is 3.21. The molecule has 0 bridgehead atoms. The minimum absolute atomic E-state index is 0.0261. The van der Waals surface area contributed by atoms with E-state index in [0.717, 1.165) is 24.2 Å². The Morgan fingerprint density at radius 2 is 1.77 bits per heavy atom. The van der Waals surface area contributed by atoms with Crippen molar-refractivity contribution < 1.29 is 17.9 Å². The van der Waals surface area contributed by atoms with Crippen LogP contribution in [0.1, 0.15) is 27.9 Å². The largest absolute Gasteiger partial charge is 0.379 e. The molecule has 0 aliphatic carbocycles. The average molecular weight is 491 g/mol. The Hall–Kier alpha value is -3.40. The first-order valence-electron chi connectivity index (χ1n) is 11.5.